The van der Waals surface area contributed by atoms with Gasteiger partial charge in [0, 0.05) is 13.1 Å². The molecule has 0 aliphatic carbocycles. The van der Waals surface area contributed by atoms with E-state index in [2.05, 4.69) is 24.6 Å². The van der Waals surface area contributed by atoms with Crippen LogP contribution in [0.2, 0.25) is 0 Å². The minimum Gasteiger partial charge on any atom is -0.329 e. The van der Waals surface area contributed by atoms with Crippen LogP contribution in [0.5, 0.6) is 0 Å². The molecule has 0 aromatic heterocycles. The Morgan fingerprint density at radius 3 is 2.33 bits per heavy atom. The summed E-state index contributed by atoms with van der Waals surface area (Å²) in [6, 6.07) is 0. The Bertz CT molecular complexity index is 88.6. The lowest BCUT2D eigenvalue weighted by molar-refractivity contribution is 0.333. The fraction of sp³-hybridized carbons (Fsp3) is 1.00. The summed E-state index contributed by atoms with van der Waals surface area (Å²) >= 11 is 4.17. The second kappa shape index (κ2) is 9.36. The zero-order valence-electron chi connectivity index (χ0n) is 8.13. The van der Waals surface area contributed by atoms with Crippen molar-refractivity contribution >= 4 is 12.6 Å². The first-order valence-corrected chi connectivity index (χ1v) is 5.44. The fourth-order valence-electron chi connectivity index (χ4n) is 1.18. The van der Waals surface area contributed by atoms with Gasteiger partial charge in [0.25, 0.3) is 0 Å². The summed E-state index contributed by atoms with van der Waals surface area (Å²) in [6.07, 6.45) is 5.20. The molecular weight excluding hydrogens is 168 g/mol. The molecular formula is C9H22N2S. The average molecular weight is 190 g/mol. The second-order valence-corrected chi connectivity index (χ2v) is 3.68. The zero-order chi connectivity index (χ0) is 9.23. The zero-order valence-corrected chi connectivity index (χ0v) is 9.02. The number of hydrogen-bond acceptors (Lipinski definition) is 3. The largest absolute Gasteiger partial charge is 0.329 e. The molecule has 0 amide bonds. The van der Waals surface area contributed by atoms with Gasteiger partial charge in [-0.3, -0.25) is 0 Å². The Kier molecular flexibility index (Phi) is 9.57. The van der Waals surface area contributed by atoms with E-state index in [9.17, 15) is 0 Å². The summed E-state index contributed by atoms with van der Waals surface area (Å²) in [7, 11) is 2.13. The molecule has 0 saturated heterocycles. The monoisotopic (exact) mass is 190 g/mol. The third kappa shape index (κ3) is 8.37. The van der Waals surface area contributed by atoms with Gasteiger partial charge < -0.3 is 10.6 Å². The van der Waals surface area contributed by atoms with Gasteiger partial charge in [-0.1, -0.05) is 12.8 Å². The van der Waals surface area contributed by atoms with Crippen LogP contribution in [0, 0.1) is 0 Å². The highest BCUT2D eigenvalue weighted by Crippen LogP contribution is 2.01. The van der Waals surface area contributed by atoms with Crippen LogP contribution >= 0.6 is 12.6 Å². The Balaban J connectivity index is 2.97. The van der Waals surface area contributed by atoms with Crippen molar-refractivity contribution in [3.8, 4) is 0 Å². The predicted molar refractivity (Wildman–Crippen MR) is 58.9 cm³/mol. The molecule has 0 unspecified atom stereocenters. The quantitative estimate of drug-likeness (QED) is 0.447. The topological polar surface area (TPSA) is 29.3 Å². The second-order valence-electron chi connectivity index (χ2n) is 3.23. The molecule has 74 valence electrons. The van der Waals surface area contributed by atoms with E-state index in [1.807, 2.05) is 0 Å². The molecule has 0 fully saturated rings. The van der Waals surface area contributed by atoms with Gasteiger partial charge in [-0.15, -0.1) is 0 Å². The molecule has 2 N–H and O–H groups in total. The van der Waals surface area contributed by atoms with Crippen LogP contribution in [0.3, 0.4) is 0 Å². The van der Waals surface area contributed by atoms with Crippen molar-refractivity contribution < 1.29 is 0 Å². The Hall–Kier alpha value is 0.270. The molecule has 12 heavy (non-hydrogen) atoms. The molecule has 0 rings (SSSR count). The molecule has 0 spiro atoms. The minimum atomic E-state index is 0.771. The Morgan fingerprint density at radius 1 is 1.08 bits per heavy atom. The van der Waals surface area contributed by atoms with E-state index in [4.69, 9.17) is 5.73 Å². The molecule has 0 atom stereocenters. The predicted octanol–water partition coefficient (Wildman–Crippen LogP) is 1.37. The highest BCUT2D eigenvalue weighted by atomic mass is 32.1. The van der Waals surface area contributed by atoms with E-state index in [0.717, 1.165) is 18.8 Å². The summed E-state index contributed by atoms with van der Waals surface area (Å²) in [6.45, 7) is 2.98. The number of thiol groups is 1. The lowest BCUT2D eigenvalue weighted by atomic mass is 10.2. The number of nitrogens with zero attached hydrogens (tertiary/aromatic N) is 1. The number of unbranched alkanes of at least 4 members (excludes halogenated alkanes) is 3. The Labute approximate surface area is 81.9 Å². The van der Waals surface area contributed by atoms with Crippen LogP contribution in [0.4, 0.5) is 0 Å². The van der Waals surface area contributed by atoms with E-state index in [1.165, 1.54) is 32.2 Å². The van der Waals surface area contributed by atoms with Crippen molar-refractivity contribution in [2.24, 2.45) is 5.73 Å². The van der Waals surface area contributed by atoms with Gasteiger partial charge in [-0.25, -0.2) is 0 Å². The van der Waals surface area contributed by atoms with Crippen molar-refractivity contribution in [1.82, 2.24) is 4.90 Å². The minimum absolute atomic E-state index is 0.771. The van der Waals surface area contributed by atoms with Gasteiger partial charge in [0.1, 0.15) is 0 Å². The average Bonchev–Trinajstić information content (AvgIpc) is 2.05. The highest BCUT2D eigenvalue weighted by molar-refractivity contribution is 7.80. The maximum absolute atomic E-state index is 5.43. The van der Waals surface area contributed by atoms with Crippen LogP contribution in [0.1, 0.15) is 25.7 Å². The van der Waals surface area contributed by atoms with Crippen LogP contribution in [-0.2, 0) is 0 Å². The van der Waals surface area contributed by atoms with E-state index in [0.29, 0.717) is 0 Å². The van der Waals surface area contributed by atoms with Crippen molar-refractivity contribution in [1.29, 1.82) is 0 Å². The molecule has 0 saturated carbocycles. The number of hydrogen-bond donors (Lipinski definition) is 2. The van der Waals surface area contributed by atoms with Crippen molar-refractivity contribution in [2.75, 3.05) is 32.4 Å². The van der Waals surface area contributed by atoms with Gasteiger partial charge in [-0.05, 0) is 32.2 Å². The summed E-state index contributed by atoms with van der Waals surface area (Å²) in [5, 5.41) is 0. The van der Waals surface area contributed by atoms with E-state index < -0.39 is 0 Å². The van der Waals surface area contributed by atoms with Gasteiger partial charge in [0.15, 0.2) is 0 Å². The summed E-state index contributed by atoms with van der Waals surface area (Å²) < 4.78 is 0. The molecule has 0 heterocycles. The number of likely N-dealkylation sites (N-methyl/N-ethyl adjacent to an activating group) is 1. The van der Waals surface area contributed by atoms with Crippen molar-refractivity contribution in [2.45, 2.75) is 25.7 Å². The van der Waals surface area contributed by atoms with Gasteiger partial charge in [-0.2, -0.15) is 12.6 Å². The lowest BCUT2D eigenvalue weighted by Gasteiger charge is -2.14. The van der Waals surface area contributed by atoms with E-state index >= 15 is 0 Å². The first-order valence-electron chi connectivity index (χ1n) is 4.80. The molecule has 0 aliphatic rings. The third-order valence-electron chi connectivity index (χ3n) is 1.96. The van der Waals surface area contributed by atoms with Crippen molar-refractivity contribution in [3.63, 3.8) is 0 Å². The summed E-state index contributed by atoms with van der Waals surface area (Å²) in [4.78, 5) is 2.29. The normalized spacial score (nSPS) is 11.0. The number of nitrogens with two attached hydrogens (primary N) is 1. The lowest BCUT2D eigenvalue weighted by Crippen LogP contribution is -2.26. The van der Waals surface area contributed by atoms with Gasteiger partial charge in [0.2, 0.25) is 0 Å². The first kappa shape index (κ1) is 12.3. The number of rotatable bonds is 8. The summed E-state index contributed by atoms with van der Waals surface area (Å²) in [5.41, 5.74) is 5.43. The molecule has 0 aliphatic heterocycles. The van der Waals surface area contributed by atoms with Gasteiger partial charge in [0.05, 0.1) is 0 Å². The van der Waals surface area contributed by atoms with Gasteiger partial charge >= 0.3 is 0 Å². The molecule has 0 radical (unpaired) electrons. The van der Waals surface area contributed by atoms with Crippen LogP contribution in [0.15, 0.2) is 0 Å². The maximum atomic E-state index is 5.43. The molecule has 0 bridgehead atoms. The molecule has 2 nitrogen and oxygen atoms in total. The van der Waals surface area contributed by atoms with E-state index in [1.54, 1.807) is 0 Å². The van der Waals surface area contributed by atoms with Crippen LogP contribution < -0.4 is 5.73 Å². The molecule has 0 aromatic rings. The summed E-state index contributed by atoms with van der Waals surface area (Å²) in [5.74, 6) is 1.03. The standard InChI is InChI=1S/C9H22N2S/c1-11(8-6-10)7-4-2-3-5-9-12/h12H,2-10H2,1H3. The SMILES string of the molecule is CN(CCN)CCCCCCS. The fourth-order valence-corrected chi connectivity index (χ4v) is 1.40. The van der Waals surface area contributed by atoms with E-state index in [-0.39, 0.29) is 0 Å². The van der Waals surface area contributed by atoms with Crippen LogP contribution in [-0.4, -0.2) is 37.3 Å². The smallest absolute Gasteiger partial charge is 0.0102 e. The maximum Gasteiger partial charge on any atom is 0.0102 e. The van der Waals surface area contributed by atoms with Crippen molar-refractivity contribution in [3.05, 3.63) is 0 Å². The molecule has 3 heteroatoms. The molecule has 0 aromatic carbocycles. The van der Waals surface area contributed by atoms with Crippen LogP contribution in [0.25, 0.3) is 0 Å². The third-order valence-corrected chi connectivity index (χ3v) is 2.27. The Morgan fingerprint density at radius 2 is 1.75 bits per heavy atom. The first-order chi connectivity index (χ1) is 5.81. The highest BCUT2D eigenvalue weighted by Gasteiger charge is 1.95.